The molecular weight excluding hydrogens is 280 g/mol. The molecule has 0 spiro atoms. The first-order valence-electron chi connectivity index (χ1n) is 5.82. The smallest absolute Gasteiger partial charge is 0.303 e. The second-order valence-electron chi connectivity index (χ2n) is 4.13. The molecule has 1 aromatic carbocycles. The first-order valence-corrected chi connectivity index (χ1v) is 5.82. The Labute approximate surface area is 119 Å². The molecule has 1 aromatic rings. The van der Waals surface area contributed by atoms with Crippen LogP contribution in [-0.2, 0) is 9.59 Å². The van der Waals surface area contributed by atoms with Gasteiger partial charge in [0, 0.05) is 12.5 Å². The number of nitrogens with one attached hydrogen (secondary N) is 1. The second-order valence-corrected chi connectivity index (χ2v) is 4.13. The number of carboxylic acids is 1. The van der Waals surface area contributed by atoms with E-state index in [2.05, 4.69) is 5.32 Å². The van der Waals surface area contributed by atoms with Gasteiger partial charge in [-0.1, -0.05) is 0 Å². The van der Waals surface area contributed by atoms with Crippen LogP contribution in [0, 0.1) is 21.4 Å². The van der Waals surface area contributed by atoms with Gasteiger partial charge in [0.25, 0.3) is 5.69 Å². The minimum absolute atomic E-state index is 0.0786. The number of hydrogen-bond donors (Lipinski definition) is 3. The zero-order chi connectivity index (χ0) is 16.0. The molecule has 0 saturated heterocycles. The van der Waals surface area contributed by atoms with Crippen LogP contribution in [0.25, 0.3) is 0 Å². The van der Waals surface area contributed by atoms with E-state index in [0.29, 0.717) is 0 Å². The van der Waals surface area contributed by atoms with Crippen LogP contribution < -0.4 is 11.1 Å². The van der Waals surface area contributed by atoms with Crippen molar-refractivity contribution in [3.05, 3.63) is 33.9 Å². The molecule has 4 N–H and O–H groups in total. The zero-order valence-corrected chi connectivity index (χ0v) is 10.8. The highest BCUT2D eigenvalue weighted by atomic mass is 16.6. The van der Waals surface area contributed by atoms with Crippen LogP contribution >= 0.6 is 0 Å². The molecule has 0 saturated carbocycles. The van der Waals surface area contributed by atoms with Crippen LogP contribution in [0.3, 0.4) is 0 Å². The molecule has 9 nitrogen and oxygen atoms in total. The molecule has 0 aliphatic rings. The fourth-order valence-electron chi connectivity index (χ4n) is 1.49. The lowest BCUT2D eigenvalue weighted by Gasteiger charge is -2.11. The van der Waals surface area contributed by atoms with Gasteiger partial charge >= 0.3 is 5.97 Å². The molecule has 0 bridgehead atoms. The maximum atomic E-state index is 11.7. The largest absolute Gasteiger partial charge is 0.481 e. The van der Waals surface area contributed by atoms with Gasteiger partial charge in [0.1, 0.15) is 5.69 Å². The highest BCUT2D eigenvalue weighted by Gasteiger charge is 2.20. The molecular formula is C12H12N4O5. The number of nitrogens with zero attached hydrogens (tertiary/aromatic N) is 2. The van der Waals surface area contributed by atoms with Crippen molar-refractivity contribution in [1.82, 2.24) is 0 Å². The van der Waals surface area contributed by atoms with Crippen LogP contribution in [0.15, 0.2) is 18.2 Å². The van der Waals surface area contributed by atoms with Crippen molar-refractivity contribution >= 4 is 23.3 Å². The van der Waals surface area contributed by atoms with Gasteiger partial charge in [-0.25, -0.2) is 0 Å². The predicted molar refractivity (Wildman–Crippen MR) is 71.3 cm³/mol. The monoisotopic (exact) mass is 292 g/mol. The quantitative estimate of drug-likeness (QED) is 0.511. The fourth-order valence-corrected chi connectivity index (χ4v) is 1.49. The van der Waals surface area contributed by atoms with E-state index < -0.39 is 28.5 Å². The lowest BCUT2D eigenvalue weighted by molar-refractivity contribution is -0.383. The molecule has 9 heteroatoms. The van der Waals surface area contributed by atoms with E-state index in [4.69, 9.17) is 16.1 Å². The third kappa shape index (κ3) is 4.55. The summed E-state index contributed by atoms with van der Waals surface area (Å²) >= 11 is 0. The summed E-state index contributed by atoms with van der Waals surface area (Å²) in [7, 11) is 0. The number of rotatable bonds is 6. The third-order valence-corrected chi connectivity index (χ3v) is 2.59. The van der Waals surface area contributed by atoms with Gasteiger partial charge in [-0.2, -0.15) is 5.26 Å². The van der Waals surface area contributed by atoms with Gasteiger partial charge in [0.2, 0.25) is 5.91 Å². The summed E-state index contributed by atoms with van der Waals surface area (Å²) in [6.07, 6.45) is -0.380. The summed E-state index contributed by atoms with van der Waals surface area (Å²) in [6.45, 7) is 0. The maximum Gasteiger partial charge on any atom is 0.303 e. The summed E-state index contributed by atoms with van der Waals surface area (Å²) in [5, 5.41) is 30.3. The summed E-state index contributed by atoms with van der Waals surface area (Å²) in [4.78, 5) is 32.3. The standard InChI is InChI=1S/C12H12N4O5/c13-6-7-1-3-9(10(5-7)16(20)21)15-12(19)8(14)2-4-11(17)18/h1,3,5,8H,2,4,14H2,(H,15,19)(H,17,18). The molecule has 1 amide bonds. The normalized spacial score (nSPS) is 11.2. The lowest BCUT2D eigenvalue weighted by atomic mass is 10.1. The fraction of sp³-hybridized carbons (Fsp3) is 0.250. The Morgan fingerprint density at radius 2 is 2.19 bits per heavy atom. The van der Waals surface area contributed by atoms with Gasteiger partial charge in [-0.05, 0) is 18.6 Å². The van der Waals surface area contributed by atoms with Crippen molar-refractivity contribution in [2.75, 3.05) is 5.32 Å². The number of anilines is 1. The molecule has 21 heavy (non-hydrogen) atoms. The minimum Gasteiger partial charge on any atom is -0.481 e. The van der Waals surface area contributed by atoms with Gasteiger partial charge in [0.05, 0.1) is 22.6 Å². The molecule has 110 valence electrons. The Morgan fingerprint density at radius 1 is 1.52 bits per heavy atom. The topological polar surface area (TPSA) is 159 Å². The highest BCUT2D eigenvalue weighted by molar-refractivity contribution is 5.96. The third-order valence-electron chi connectivity index (χ3n) is 2.59. The molecule has 1 unspecified atom stereocenters. The molecule has 1 rings (SSSR count). The van der Waals surface area contributed by atoms with Crippen molar-refractivity contribution in [2.45, 2.75) is 18.9 Å². The molecule has 0 aromatic heterocycles. The first-order chi connectivity index (χ1) is 9.85. The summed E-state index contributed by atoms with van der Waals surface area (Å²) in [5.74, 6) is -1.83. The summed E-state index contributed by atoms with van der Waals surface area (Å²) in [6, 6.07) is 4.21. The van der Waals surface area contributed by atoms with Gasteiger partial charge in [-0.15, -0.1) is 0 Å². The van der Waals surface area contributed by atoms with Crippen molar-refractivity contribution in [3.63, 3.8) is 0 Å². The van der Waals surface area contributed by atoms with Gasteiger partial charge in [0.15, 0.2) is 0 Å². The number of benzene rings is 1. The van der Waals surface area contributed by atoms with E-state index in [1.165, 1.54) is 12.1 Å². The van der Waals surface area contributed by atoms with Crippen LogP contribution in [0.4, 0.5) is 11.4 Å². The van der Waals surface area contributed by atoms with Crippen molar-refractivity contribution < 1.29 is 19.6 Å². The molecule has 1 atom stereocenters. The number of nitrogens with two attached hydrogens (primary N) is 1. The first kappa shape index (κ1) is 16.1. The number of carbonyl (C=O) groups is 2. The summed E-state index contributed by atoms with van der Waals surface area (Å²) in [5.41, 5.74) is 5.04. The van der Waals surface area contributed by atoms with Crippen LogP contribution in [0.5, 0.6) is 0 Å². The Morgan fingerprint density at radius 3 is 2.71 bits per heavy atom. The number of carboxylic acid groups (broad SMARTS) is 1. The maximum absolute atomic E-state index is 11.7. The molecule has 0 fully saturated rings. The number of amides is 1. The highest BCUT2D eigenvalue weighted by Crippen LogP contribution is 2.25. The van der Waals surface area contributed by atoms with Crippen LogP contribution in [0.1, 0.15) is 18.4 Å². The minimum atomic E-state index is -1.10. The average Bonchev–Trinajstić information content (AvgIpc) is 2.44. The SMILES string of the molecule is N#Cc1ccc(NC(=O)C(N)CCC(=O)O)c([N+](=O)[O-])c1. The van der Waals surface area contributed by atoms with Crippen molar-refractivity contribution in [3.8, 4) is 6.07 Å². The second kappa shape index (κ2) is 6.97. The Bertz CT molecular complexity index is 623. The molecule has 0 heterocycles. The van der Waals surface area contributed by atoms with E-state index in [0.717, 1.165) is 6.07 Å². The van der Waals surface area contributed by atoms with E-state index in [9.17, 15) is 19.7 Å². The Balaban J connectivity index is 2.87. The number of aliphatic carboxylic acids is 1. The Kier molecular flexibility index (Phi) is 5.33. The number of carbonyl (C=O) groups excluding carboxylic acids is 1. The molecule has 0 aliphatic heterocycles. The molecule has 0 aliphatic carbocycles. The van der Waals surface area contributed by atoms with Crippen LogP contribution in [-0.4, -0.2) is 27.9 Å². The van der Waals surface area contributed by atoms with E-state index >= 15 is 0 Å². The van der Waals surface area contributed by atoms with Crippen molar-refractivity contribution in [2.24, 2.45) is 5.73 Å². The van der Waals surface area contributed by atoms with Gasteiger partial charge in [-0.3, -0.25) is 19.7 Å². The number of nitro benzene ring substituents is 1. The zero-order valence-electron chi connectivity index (χ0n) is 10.8. The lowest BCUT2D eigenvalue weighted by Crippen LogP contribution is -2.36. The van der Waals surface area contributed by atoms with Crippen molar-refractivity contribution in [1.29, 1.82) is 5.26 Å². The number of nitro groups is 1. The average molecular weight is 292 g/mol. The van der Waals surface area contributed by atoms with E-state index in [1.54, 1.807) is 6.07 Å². The Hall–Kier alpha value is -2.99. The van der Waals surface area contributed by atoms with E-state index in [-0.39, 0.29) is 24.1 Å². The van der Waals surface area contributed by atoms with E-state index in [1.807, 2.05) is 0 Å². The van der Waals surface area contributed by atoms with Gasteiger partial charge < -0.3 is 16.2 Å². The molecule has 0 radical (unpaired) electrons. The number of hydrogen-bond acceptors (Lipinski definition) is 6. The summed E-state index contributed by atoms with van der Waals surface area (Å²) < 4.78 is 0. The predicted octanol–water partition coefficient (Wildman–Crippen LogP) is 0.597. The number of nitriles is 1. The van der Waals surface area contributed by atoms with Crippen LogP contribution in [0.2, 0.25) is 0 Å².